The van der Waals surface area contributed by atoms with Gasteiger partial charge in [0.2, 0.25) is 0 Å². The maximum atomic E-state index is 6.48. The zero-order valence-corrected chi connectivity index (χ0v) is 24.2. The summed E-state index contributed by atoms with van der Waals surface area (Å²) in [7, 11) is -0.407. The van der Waals surface area contributed by atoms with Crippen molar-refractivity contribution in [1.82, 2.24) is 0 Å². The first-order chi connectivity index (χ1) is 16.5. The number of benzene rings is 3. The van der Waals surface area contributed by atoms with E-state index in [-0.39, 0.29) is 22.0 Å². The maximum absolute atomic E-state index is 6.48. The summed E-state index contributed by atoms with van der Waals surface area (Å²) >= 11 is 0. The molecular weight excluding hydrogens is 439 g/mol. The van der Waals surface area contributed by atoms with Gasteiger partial charge in [-0.15, -0.1) is 0 Å². The van der Waals surface area contributed by atoms with Crippen molar-refractivity contribution >= 4 is 12.6 Å². The van der Waals surface area contributed by atoms with Gasteiger partial charge in [0.25, 0.3) is 0 Å². The summed E-state index contributed by atoms with van der Waals surface area (Å²) in [6, 6.07) is 22.6. The number of hydrogen-bond donors (Lipinski definition) is 0. The molecule has 2 nitrogen and oxygen atoms in total. The fraction of sp³-hybridized carbons (Fsp3) is 0.455. The van der Waals surface area contributed by atoms with Crippen LogP contribution in [0, 0.1) is 6.92 Å². The van der Waals surface area contributed by atoms with Gasteiger partial charge in [-0.2, -0.15) is 0 Å². The molecule has 0 aliphatic carbocycles. The lowest BCUT2D eigenvalue weighted by molar-refractivity contribution is 0.00578. The summed E-state index contributed by atoms with van der Waals surface area (Å²) in [5.74, 6) is 0. The second-order valence-corrected chi connectivity index (χ2v) is 13.5. The van der Waals surface area contributed by atoms with Crippen LogP contribution in [-0.4, -0.2) is 18.3 Å². The minimum atomic E-state index is -0.407. The van der Waals surface area contributed by atoms with Gasteiger partial charge >= 0.3 is 7.12 Å². The Kier molecular flexibility index (Phi) is 6.59. The van der Waals surface area contributed by atoms with Crippen LogP contribution in [0.25, 0.3) is 22.3 Å². The van der Waals surface area contributed by atoms with Crippen molar-refractivity contribution in [2.45, 2.75) is 98.2 Å². The van der Waals surface area contributed by atoms with Crippen molar-refractivity contribution in [1.29, 1.82) is 0 Å². The standard InChI is InChI=1S/C33H43BO2/c1-22-28(23-12-16-25(17-13-23)30(2,3)4)20-27(34-35-32(8,9)33(10,11)36-34)21-29(22)24-14-18-26(19-15-24)31(5,6)7/h12-21H,1-11H3. The lowest BCUT2D eigenvalue weighted by atomic mass is 9.74. The van der Waals surface area contributed by atoms with Gasteiger partial charge in [-0.25, -0.2) is 0 Å². The minimum Gasteiger partial charge on any atom is -0.399 e. The largest absolute Gasteiger partial charge is 0.494 e. The molecule has 1 fully saturated rings. The molecule has 0 atom stereocenters. The predicted octanol–water partition coefficient (Wildman–Crippen LogP) is 8.22. The van der Waals surface area contributed by atoms with Gasteiger partial charge in [0.1, 0.15) is 0 Å². The Hall–Kier alpha value is -2.36. The number of hydrogen-bond acceptors (Lipinski definition) is 2. The molecule has 0 radical (unpaired) electrons. The summed E-state index contributed by atoms with van der Waals surface area (Å²) in [6.07, 6.45) is 0. The summed E-state index contributed by atoms with van der Waals surface area (Å²) in [4.78, 5) is 0. The molecular formula is C33H43BO2. The maximum Gasteiger partial charge on any atom is 0.494 e. The molecule has 190 valence electrons. The van der Waals surface area contributed by atoms with Crippen LogP contribution in [0.2, 0.25) is 0 Å². The second kappa shape index (κ2) is 8.89. The molecule has 0 spiro atoms. The van der Waals surface area contributed by atoms with E-state index in [0.717, 1.165) is 5.46 Å². The van der Waals surface area contributed by atoms with E-state index in [4.69, 9.17) is 9.31 Å². The lowest BCUT2D eigenvalue weighted by Gasteiger charge is -2.32. The van der Waals surface area contributed by atoms with E-state index in [1.807, 2.05) is 0 Å². The molecule has 36 heavy (non-hydrogen) atoms. The fourth-order valence-electron chi connectivity index (χ4n) is 4.75. The Balaban J connectivity index is 1.86. The van der Waals surface area contributed by atoms with Crippen LogP contribution in [0.5, 0.6) is 0 Å². The SMILES string of the molecule is Cc1c(-c2ccc(C(C)(C)C)cc2)cc(B2OC(C)(C)C(C)(C)O2)cc1-c1ccc(C(C)(C)C)cc1. The highest BCUT2D eigenvalue weighted by Crippen LogP contribution is 2.39. The quantitative estimate of drug-likeness (QED) is 0.350. The van der Waals surface area contributed by atoms with Crippen LogP contribution in [0.15, 0.2) is 60.7 Å². The van der Waals surface area contributed by atoms with Crippen LogP contribution in [0.3, 0.4) is 0 Å². The van der Waals surface area contributed by atoms with Crippen LogP contribution in [-0.2, 0) is 20.1 Å². The third kappa shape index (κ3) is 5.06. The molecule has 0 saturated carbocycles. The molecule has 1 saturated heterocycles. The van der Waals surface area contributed by atoms with E-state index in [1.165, 1.54) is 38.9 Å². The van der Waals surface area contributed by atoms with Crippen molar-refractivity contribution in [2.75, 3.05) is 0 Å². The van der Waals surface area contributed by atoms with Gasteiger partial charge in [-0.05, 0) is 89.9 Å². The van der Waals surface area contributed by atoms with Crippen molar-refractivity contribution in [3.8, 4) is 22.3 Å². The van der Waals surface area contributed by atoms with Crippen LogP contribution < -0.4 is 5.46 Å². The average Bonchev–Trinajstić information content (AvgIpc) is 3.00. The Morgan fingerprint density at radius 1 is 0.583 bits per heavy atom. The first kappa shape index (κ1) is 26.7. The summed E-state index contributed by atoms with van der Waals surface area (Å²) in [5, 5.41) is 0. The van der Waals surface area contributed by atoms with Gasteiger partial charge in [0, 0.05) is 0 Å². The van der Waals surface area contributed by atoms with Crippen LogP contribution in [0.1, 0.15) is 85.9 Å². The Morgan fingerprint density at radius 2 is 0.917 bits per heavy atom. The second-order valence-electron chi connectivity index (χ2n) is 13.5. The predicted molar refractivity (Wildman–Crippen MR) is 155 cm³/mol. The molecule has 0 bridgehead atoms. The van der Waals surface area contributed by atoms with Crippen LogP contribution >= 0.6 is 0 Å². The zero-order valence-electron chi connectivity index (χ0n) is 24.2. The summed E-state index contributed by atoms with van der Waals surface area (Å²) in [5.41, 5.74) is 9.35. The van der Waals surface area contributed by atoms with Crippen molar-refractivity contribution < 1.29 is 9.31 Å². The van der Waals surface area contributed by atoms with Crippen molar-refractivity contribution in [2.24, 2.45) is 0 Å². The zero-order chi connectivity index (χ0) is 26.7. The topological polar surface area (TPSA) is 18.5 Å². The Bertz CT molecular complexity index is 1140. The third-order valence-electron chi connectivity index (χ3n) is 8.08. The van der Waals surface area contributed by atoms with Gasteiger partial charge in [0.15, 0.2) is 0 Å². The van der Waals surface area contributed by atoms with Gasteiger partial charge in [-0.1, -0.05) is 102 Å². The van der Waals surface area contributed by atoms with Gasteiger partial charge in [-0.3, -0.25) is 0 Å². The van der Waals surface area contributed by atoms with E-state index in [2.05, 4.69) is 137 Å². The highest BCUT2D eigenvalue weighted by Gasteiger charge is 2.51. The molecule has 4 rings (SSSR count). The first-order valence-corrected chi connectivity index (χ1v) is 13.2. The highest BCUT2D eigenvalue weighted by molar-refractivity contribution is 6.62. The molecule has 1 heterocycles. The van der Waals surface area contributed by atoms with E-state index in [0.29, 0.717) is 0 Å². The molecule has 3 aromatic rings. The van der Waals surface area contributed by atoms with Crippen LogP contribution in [0.4, 0.5) is 0 Å². The monoisotopic (exact) mass is 482 g/mol. The van der Waals surface area contributed by atoms with E-state index in [9.17, 15) is 0 Å². The van der Waals surface area contributed by atoms with Crippen molar-refractivity contribution in [3.05, 3.63) is 77.4 Å². The molecule has 3 aromatic carbocycles. The van der Waals surface area contributed by atoms with E-state index in [1.54, 1.807) is 0 Å². The molecule has 3 heteroatoms. The van der Waals surface area contributed by atoms with Gasteiger partial charge in [0.05, 0.1) is 11.2 Å². The molecule has 0 amide bonds. The van der Waals surface area contributed by atoms with E-state index < -0.39 is 7.12 Å². The fourth-order valence-corrected chi connectivity index (χ4v) is 4.75. The van der Waals surface area contributed by atoms with E-state index >= 15 is 0 Å². The highest BCUT2D eigenvalue weighted by atomic mass is 16.7. The normalized spacial score (nSPS) is 17.5. The van der Waals surface area contributed by atoms with Crippen molar-refractivity contribution in [3.63, 3.8) is 0 Å². The average molecular weight is 483 g/mol. The lowest BCUT2D eigenvalue weighted by Crippen LogP contribution is -2.41. The first-order valence-electron chi connectivity index (χ1n) is 13.2. The molecule has 1 aliphatic rings. The molecule has 1 aliphatic heterocycles. The smallest absolute Gasteiger partial charge is 0.399 e. The molecule has 0 aromatic heterocycles. The Morgan fingerprint density at radius 3 is 1.22 bits per heavy atom. The Labute approximate surface area is 219 Å². The molecule has 0 N–H and O–H groups in total. The molecule has 0 unspecified atom stereocenters. The van der Waals surface area contributed by atoms with Gasteiger partial charge < -0.3 is 9.31 Å². The third-order valence-corrected chi connectivity index (χ3v) is 8.08. The summed E-state index contributed by atoms with van der Waals surface area (Å²) < 4.78 is 13.0. The minimum absolute atomic E-state index is 0.123. The number of rotatable bonds is 3. The summed E-state index contributed by atoms with van der Waals surface area (Å²) in [6.45, 7) is 24.2.